The lowest BCUT2D eigenvalue weighted by Gasteiger charge is -2.33. The van der Waals surface area contributed by atoms with Crippen LogP contribution >= 0.6 is 0 Å². The first-order valence-corrected chi connectivity index (χ1v) is 9.62. The summed E-state index contributed by atoms with van der Waals surface area (Å²) in [4.78, 5) is 26.2. The molecule has 6 nitrogen and oxygen atoms in total. The van der Waals surface area contributed by atoms with Crippen molar-refractivity contribution in [3.8, 4) is 0 Å². The van der Waals surface area contributed by atoms with Crippen molar-refractivity contribution in [2.24, 2.45) is 5.92 Å². The molecule has 0 spiro atoms. The van der Waals surface area contributed by atoms with Crippen molar-refractivity contribution in [2.45, 2.75) is 26.7 Å². The van der Waals surface area contributed by atoms with Gasteiger partial charge in [-0.1, -0.05) is 6.07 Å². The molecule has 154 valence electrons. The van der Waals surface area contributed by atoms with E-state index in [0.29, 0.717) is 23.4 Å². The van der Waals surface area contributed by atoms with E-state index >= 15 is 0 Å². The second-order valence-electron chi connectivity index (χ2n) is 7.49. The highest BCUT2D eigenvalue weighted by Crippen LogP contribution is 2.27. The van der Waals surface area contributed by atoms with Gasteiger partial charge in [0.05, 0.1) is 11.1 Å². The van der Waals surface area contributed by atoms with Gasteiger partial charge in [0.25, 0.3) is 5.91 Å². The third kappa shape index (κ3) is 4.40. The summed E-state index contributed by atoms with van der Waals surface area (Å²) in [5.74, 6) is -2.20. The summed E-state index contributed by atoms with van der Waals surface area (Å²) < 4.78 is 14.4. The number of carboxylic acid groups (broad SMARTS) is 1. The molecule has 29 heavy (non-hydrogen) atoms. The largest absolute Gasteiger partial charge is 0.478 e. The Balaban J connectivity index is 1.89. The predicted octanol–water partition coefficient (Wildman–Crippen LogP) is 3.60. The highest BCUT2D eigenvalue weighted by atomic mass is 19.1. The molecule has 0 aromatic heterocycles. The number of nitrogens with one attached hydrogen (secondary N) is 1. The van der Waals surface area contributed by atoms with Crippen molar-refractivity contribution in [1.29, 1.82) is 0 Å². The van der Waals surface area contributed by atoms with Gasteiger partial charge in [0.15, 0.2) is 0 Å². The fourth-order valence-electron chi connectivity index (χ4n) is 3.78. The van der Waals surface area contributed by atoms with Crippen molar-refractivity contribution >= 4 is 23.3 Å². The minimum atomic E-state index is -1.09. The number of hydrogen-bond acceptors (Lipinski definition) is 4. The molecule has 3 rings (SSSR count). The number of hydrogen-bond donors (Lipinski definition) is 3. The lowest BCUT2D eigenvalue weighted by molar-refractivity contribution is 0.0695. The first-order chi connectivity index (χ1) is 13.8. The molecule has 0 saturated carbocycles. The van der Waals surface area contributed by atoms with Crippen LogP contribution in [-0.2, 0) is 0 Å². The molecule has 0 bridgehead atoms. The lowest BCUT2D eigenvalue weighted by atomic mass is 9.98. The smallest absolute Gasteiger partial charge is 0.336 e. The molecular formula is C22H25FN2O4. The van der Waals surface area contributed by atoms with E-state index < -0.39 is 17.7 Å². The number of rotatable bonds is 5. The molecule has 7 heteroatoms. The maximum Gasteiger partial charge on any atom is 0.336 e. The van der Waals surface area contributed by atoms with Gasteiger partial charge < -0.3 is 20.4 Å². The van der Waals surface area contributed by atoms with Crippen LogP contribution in [-0.4, -0.2) is 41.8 Å². The quantitative estimate of drug-likeness (QED) is 0.714. The van der Waals surface area contributed by atoms with Gasteiger partial charge in [-0.3, -0.25) is 4.79 Å². The van der Waals surface area contributed by atoms with E-state index in [1.54, 1.807) is 26.0 Å². The van der Waals surface area contributed by atoms with Gasteiger partial charge in [-0.25, -0.2) is 9.18 Å². The predicted molar refractivity (Wildman–Crippen MR) is 109 cm³/mol. The van der Waals surface area contributed by atoms with Gasteiger partial charge >= 0.3 is 5.97 Å². The molecule has 0 aliphatic carbocycles. The molecule has 0 radical (unpaired) electrons. The maximum atomic E-state index is 14.4. The summed E-state index contributed by atoms with van der Waals surface area (Å²) in [7, 11) is 0. The van der Waals surface area contributed by atoms with E-state index in [4.69, 9.17) is 0 Å². The first kappa shape index (κ1) is 20.8. The second kappa shape index (κ2) is 8.61. The third-order valence-electron chi connectivity index (χ3n) is 5.48. The number of carboxylic acids is 1. The summed E-state index contributed by atoms with van der Waals surface area (Å²) in [5.41, 5.74) is 2.19. The number of carbonyl (C=O) groups is 2. The molecule has 1 amide bonds. The Morgan fingerprint density at radius 3 is 2.66 bits per heavy atom. The maximum absolute atomic E-state index is 14.4. The average molecular weight is 400 g/mol. The molecule has 1 aliphatic rings. The number of aliphatic hydroxyl groups excluding tert-OH is 1. The van der Waals surface area contributed by atoms with Crippen LogP contribution in [0.1, 0.15) is 44.7 Å². The number of benzene rings is 2. The van der Waals surface area contributed by atoms with Crippen LogP contribution in [0, 0.1) is 25.6 Å². The van der Waals surface area contributed by atoms with Crippen LogP contribution in [0.2, 0.25) is 0 Å². The van der Waals surface area contributed by atoms with Crippen LogP contribution in [0.15, 0.2) is 30.3 Å². The fraction of sp³-hybridized carbons (Fsp3) is 0.364. The minimum absolute atomic E-state index is 0.0866. The number of carbonyl (C=O) groups excluding carboxylic acids is 1. The fourth-order valence-corrected chi connectivity index (χ4v) is 3.78. The van der Waals surface area contributed by atoms with Crippen LogP contribution in [0.25, 0.3) is 0 Å². The van der Waals surface area contributed by atoms with Crippen molar-refractivity contribution in [3.63, 3.8) is 0 Å². The van der Waals surface area contributed by atoms with Crippen molar-refractivity contribution in [2.75, 3.05) is 29.9 Å². The monoisotopic (exact) mass is 400 g/mol. The van der Waals surface area contributed by atoms with Gasteiger partial charge in [-0.05, 0) is 68.0 Å². The average Bonchev–Trinajstić information content (AvgIpc) is 2.71. The highest BCUT2D eigenvalue weighted by Gasteiger charge is 2.22. The Hall–Kier alpha value is -2.93. The van der Waals surface area contributed by atoms with Crippen LogP contribution in [0.5, 0.6) is 0 Å². The number of aromatic carboxylic acids is 1. The molecule has 1 heterocycles. The van der Waals surface area contributed by atoms with E-state index in [1.165, 1.54) is 18.2 Å². The van der Waals surface area contributed by atoms with Gasteiger partial charge in [-0.2, -0.15) is 0 Å². The number of halogens is 1. The summed E-state index contributed by atoms with van der Waals surface area (Å²) in [6.45, 7) is 4.90. The van der Waals surface area contributed by atoms with Gasteiger partial charge in [0.2, 0.25) is 0 Å². The van der Waals surface area contributed by atoms with Gasteiger partial charge in [0, 0.05) is 31.1 Å². The van der Waals surface area contributed by atoms with Gasteiger partial charge in [0.1, 0.15) is 5.82 Å². The zero-order valence-electron chi connectivity index (χ0n) is 16.5. The van der Waals surface area contributed by atoms with Crippen LogP contribution in [0.3, 0.4) is 0 Å². The van der Waals surface area contributed by atoms with E-state index in [9.17, 15) is 24.2 Å². The normalized spacial score (nSPS) is 16.6. The van der Waals surface area contributed by atoms with Crippen molar-refractivity contribution in [1.82, 2.24) is 0 Å². The van der Waals surface area contributed by atoms with Crippen LogP contribution in [0.4, 0.5) is 15.8 Å². The topological polar surface area (TPSA) is 89.9 Å². The molecule has 1 atom stereocenters. The van der Waals surface area contributed by atoms with Crippen LogP contribution < -0.4 is 10.2 Å². The Morgan fingerprint density at radius 1 is 1.21 bits per heavy atom. The SMILES string of the molecule is Cc1ccc(C(=O)O)c(C)c1NC(=O)c1cc(N2CCCC(CO)C2)ccc1F. The Morgan fingerprint density at radius 2 is 1.97 bits per heavy atom. The summed E-state index contributed by atoms with van der Waals surface area (Å²) >= 11 is 0. The van der Waals surface area contributed by atoms with E-state index in [2.05, 4.69) is 5.32 Å². The third-order valence-corrected chi connectivity index (χ3v) is 5.48. The standard InChI is InChI=1S/C22H25FN2O4/c1-13-5-7-17(22(28)29)14(2)20(13)24-21(27)18-10-16(6-8-19(18)23)25-9-3-4-15(11-25)12-26/h5-8,10,15,26H,3-4,9,11-12H2,1-2H3,(H,24,27)(H,28,29). The molecular weight excluding hydrogens is 375 g/mol. The van der Waals surface area contributed by atoms with Crippen molar-refractivity contribution in [3.05, 3.63) is 58.4 Å². The molecule has 1 unspecified atom stereocenters. The number of nitrogens with zero attached hydrogens (tertiary/aromatic N) is 1. The molecule has 1 aliphatic heterocycles. The summed E-state index contributed by atoms with van der Waals surface area (Å²) in [6.07, 6.45) is 1.87. The molecule has 2 aromatic rings. The zero-order chi connectivity index (χ0) is 21.1. The molecule has 2 aromatic carbocycles. The number of aliphatic hydroxyl groups is 1. The minimum Gasteiger partial charge on any atom is -0.478 e. The Bertz CT molecular complexity index is 945. The van der Waals surface area contributed by atoms with E-state index in [1.807, 2.05) is 4.90 Å². The van der Waals surface area contributed by atoms with Gasteiger partial charge in [-0.15, -0.1) is 0 Å². The van der Waals surface area contributed by atoms with E-state index in [0.717, 1.165) is 25.1 Å². The zero-order valence-corrected chi connectivity index (χ0v) is 16.5. The number of anilines is 2. The van der Waals surface area contributed by atoms with E-state index in [-0.39, 0.29) is 23.7 Å². The second-order valence-corrected chi connectivity index (χ2v) is 7.49. The highest BCUT2D eigenvalue weighted by molar-refractivity contribution is 6.06. The number of piperidine rings is 1. The molecule has 1 fully saturated rings. The first-order valence-electron chi connectivity index (χ1n) is 9.62. The Labute approximate surface area is 169 Å². The summed E-state index contributed by atoms with van der Waals surface area (Å²) in [6, 6.07) is 7.50. The Kier molecular flexibility index (Phi) is 6.17. The summed E-state index contributed by atoms with van der Waals surface area (Å²) in [5, 5.41) is 21.4. The lowest BCUT2D eigenvalue weighted by Crippen LogP contribution is -2.37. The number of amides is 1. The molecule has 3 N–H and O–H groups in total. The van der Waals surface area contributed by atoms with Crippen molar-refractivity contribution < 1.29 is 24.2 Å². The number of aryl methyl sites for hydroxylation is 1. The molecule has 1 saturated heterocycles.